The van der Waals surface area contributed by atoms with Gasteiger partial charge in [-0.15, -0.1) is 11.3 Å². The average Bonchev–Trinajstić information content (AvgIpc) is 2.97. The van der Waals surface area contributed by atoms with Gasteiger partial charge >= 0.3 is 0 Å². The standard InChI is InChI=1S/C15H18N4OS/c1-11-9-16-6-7-19(11)14(20)8-12-10-21-15(18-12)13-4-2-3-5-17-13/h2-5,10-11,16H,6-9H2,1H3/t11-/m1/s1. The van der Waals surface area contributed by atoms with Crippen molar-refractivity contribution < 1.29 is 4.79 Å². The van der Waals surface area contributed by atoms with E-state index >= 15 is 0 Å². The van der Waals surface area contributed by atoms with E-state index in [-0.39, 0.29) is 11.9 Å². The normalized spacial score (nSPS) is 18.7. The molecule has 0 unspecified atom stereocenters. The highest BCUT2D eigenvalue weighted by molar-refractivity contribution is 7.13. The van der Waals surface area contributed by atoms with Crippen molar-refractivity contribution in [3.8, 4) is 10.7 Å². The second kappa shape index (κ2) is 6.32. The smallest absolute Gasteiger partial charge is 0.228 e. The Morgan fingerprint density at radius 3 is 3.19 bits per heavy atom. The molecule has 3 heterocycles. The molecule has 2 aromatic heterocycles. The Balaban J connectivity index is 1.68. The van der Waals surface area contributed by atoms with E-state index in [4.69, 9.17) is 0 Å². The summed E-state index contributed by atoms with van der Waals surface area (Å²) in [5.74, 6) is 0.155. The van der Waals surface area contributed by atoms with Crippen LogP contribution in [0, 0.1) is 0 Å². The summed E-state index contributed by atoms with van der Waals surface area (Å²) >= 11 is 1.54. The first-order valence-electron chi connectivity index (χ1n) is 7.10. The number of carbonyl (C=O) groups is 1. The van der Waals surface area contributed by atoms with E-state index in [1.165, 1.54) is 11.3 Å². The second-order valence-corrected chi connectivity index (χ2v) is 6.03. The molecule has 1 amide bonds. The van der Waals surface area contributed by atoms with Crippen molar-refractivity contribution in [2.24, 2.45) is 0 Å². The number of nitrogens with one attached hydrogen (secondary N) is 1. The van der Waals surface area contributed by atoms with Gasteiger partial charge in [0.25, 0.3) is 0 Å². The molecule has 21 heavy (non-hydrogen) atoms. The lowest BCUT2D eigenvalue weighted by molar-refractivity contribution is -0.133. The fraction of sp³-hybridized carbons (Fsp3) is 0.400. The SMILES string of the molecule is C[C@@H]1CNCCN1C(=O)Cc1csc(-c2ccccn2)n1. The third-order valence-electron chi connectivity index (χ3n) is 3.59. The number of hydrogen-bond acceptors (Lipinski definition) is 5. The molecule has 1 saturated heterocycles. The Labute approximate surface area is 128 Å². The molecule has 1 fully saturated rings. The van der Waals surface area contributed by atoms with Crippen LogP contribution in [0.15, 0.2) is 29.8 Å². The molecule has 0 radical (unpaired) electrons. The Hall–Kier alpha value is -1.79. The van der Waals surface area contributed by atoms with E-state index in [2.05, 4.69) is 22.2 Å². The number of amides is 1. The van der Waals surface area contributed by atoms with Crippen LogP contribution < -0.4 is 5.32 Å². The molecule has 110 valence electrons. The lowest BCUT2D eigenvalue weighted by Crippen LogP contribution is -2.52. The van der Waals surface area contributed by atoms with Crippen LogP contribution in [-0.2, 0) is 11.2 Å². The number of aromatic nitrogens is 2. The third-order valence-corrected chi connectivity index (χ3v) is 4.50. The molecule has 1 N–H and O–H groups in total. The summed E-state index contributed by atoms with van der Waals surface area (Å²) in [6.07, 6.45) is 2.12. The van der Waals surface area contributed by atoms with Crippen molar-refractivity contribution in [1.29, 1.82) is 0 Å². The lowest BCUT2D eigenvalue weighted by Gasteiger charge is -2.33. The van der Waals surface area contributed by atoms with Gasteiger partial charge in [0.05, 0.1) is 17.8 Å². The van der Waals surface area contributed by atoms with Gasteiger partial charge in [-0.25, -0.2) is 4.98 Å². The predicted molar refractivity (Wildman–Crippen MR) is 83.1 cm³/mol. The summed E-state index contributed by atoms with van der Waals surface area (Å²) in [7, 11) is 0. The van der Waals surface area contributed by atoms with Gasteiger partial charge in [0.1, 0.15) is 5.01 Å². The van der Waals surface area contributed by atoms with Crippen LogP contribution in [-0.4, -0.2) is 46.5 Å². The number of pyridine rings is 1. The molecular weight excluding hydrogens is 284 g/mol. The number of nitrogens with zero attached hydrogens (tertiary/aromatic N) is 3. The molecule has 0 aromatic carbocycles. The van der Waals surface area contributed by atoms with Crippen molar-refractivity contribution in [2.75, 3.05) is 19.6 Å². The maximum Gasteiger partial charge on any atom is 0.228 e. The number of piperazine rings is 1. The van der Waals surface area contributed by atoms with Crippen molar-refractivity contribution in [2.45, 2.75) is 19.4 Å². The molecule has 1 aliphatic rings. The fourth-order valence-corrected chi connectivity index (χ4v) is 3.26. The zero-order valence-electron chi connectivity index (χ0n) is 12.0. The topological polar surface area (TPSA) is 58.1 Å². The maximum absolute atomic E-state index is 12.4. The molecule has 2 aromatic rings. The van der Waals surface area contributed by atoms with Crippen molar-refractivity contribution in [3.63, 3.8) is 0 Å². The Bertz CT molecular complexity index is 613. The van der Waals surface area contributed by atoms with Gasteiger partial charge in [0.15, 0.2) is 0 Å². The van der Waals surface area contributed by atoms with Gasteiger partial charge in [-0.2, -0.15) is 0 Å². The molecule has 0 saturated carbocycles. The maximum atomic E-state index is 12.4. The van der Waals surface area contributed by atoms with Gasteiger partial charge < -0.3 is 10.2 Å². The summed E-state index contributed by atoms with van der Waals surface area (Å²) in [5.41, 5.74) is 1.69. The van der Waals surface area contributed by atoms with Gasteiger partial charge in [-0.05, 0) is 19.1 Å². The summed E-state index contributed by atoms with van der Waals surface area (Å²) in [6.45, 7) is 4.58. The van der Waals surface area contributed by atoms with Gasteiger partial charge in [-0.1, -0.05) is 6.07 Å². The number of carbonyl (C=O) groups excluding carboxylic acids is 1. The number of rotatable bonds is 3. The molecule has 5 nitrogen and oxygen atoms in total. The monoisotopic (exact) mass is 302 g/mol. The van der Waals surface area contributed by atoms with E-state index in [0.717, 1.165) is 36.0 Å². The minimum atomic E-state index is 0.155. The molecule has 3 rings (SSSR count). The quantitative estimate of drug-likeness (QED) is 0.935. The third kappa shape index (κ3) is 3.28. The molecule has 0 aliphatic carbocycles. The lowest BCUT2D eigenvalue weighted by atomic mass is 10.2. The Morgan fingerprint density at radius 1 is 1.52 bits per heavy atom. The van der Waals surface area contributed by atoms with Crippen LogP contribution in [0.4, 0.5) is 0 Å². The van der Waals surface area contributed by atoms with Crippen LogP contribution >= 0.6 is 11.3 Å². The number of thiazole rings is 1. The highest BCUT2D eigenvalue weighted by Crippen LogP contribution is 2.22. The van der Waals surface area contributed by atoms with E-state index in [9.17, 15) is 4.79 Å². The van der Waals surface area contributed by atoms with E-state index in [1.807, 2.05) is 28.5 Å². The highest BCUT2D eigenvalue weighted by atomic mass is 32.1. The van der Waals surface area contributed by atoms with Gasteiger partial charge in [-0.3, -0.25) is 9.78 Å². The minimum Gasteiger partial charge on any atom is -0.337 e. The molecular formula is C15H18N4OS. The molecule has 0 spiro atoms. The van der Waals surface area contributed by atoms with Crippen molar-refractivity contribution in [3.05, 3.63) is 35.5 Å². The fourth-order valence-electron chi connectivity index (χ4n) is 2.46. The summed E-state index contributed by atoms with van der Waals surface area (Å²) in [6, 6.07) is 6.01. The molecule has 6 heteroatoms. The van der Waals surface area contributed by atoms with Crippen molar-refractivity contribution >= 4 is 17.2 Å². The highest BCUT2D eigenvalue weighted by Gasteiger charge is 2.23. The largest absolute Gasteiger partial charge is 0.337 e. The molecule has 1 aliphatic heterocycles. The first-order valence-corrected chi connectivity index (χ1v) is 7.98. The Morgan fingerprint density at radius 2 is 2.43 bits per heavy atom. The summed E-state index contributed by atoms with van der Waals surface area (Å²) in [5, 5.41) is 6.11. The zero-order chi connectivity index (χ0) is 14.7. The average molecular weight is 302 g/mol. The first-order chi connectivity index (χ1) is 10.2. The van der Waals surface area contributed by atoms with Gasteiger partial charge in [0, 0.05) is 37.3 Å². The molecule has 1 atom stereocenters. The minimum absolute atomic E-state index is 0.155. The first kappa shape index (κ1) is 14.2. The summed E-state index contributed by atoms with van der Waals surface area (Å²) in [4.78, 5) is 23.1. The van der Waals surface area contributed by atoms with Crippen LogP contribution in [0.1, 0.15) is 12.6 Å². The van der Waals surface area contributed by atoms with Gasteiger partial charge in [0.2, 0.25) is 5.91 Å². The van der Waals surface area contributed by atoms with Crippen LogP contribution in [0.25, 0.3) is 10.7 Å². The van der Waals surface area contributed by atoms with Crippen molar-refractivity contribution in [1.82, 2.24) is 20.2 Å². The van der Waals surface area contributed by atoms with Crippen LogP contribution in [0.5, 0.6) is 0 Å². The van der Waals surface area contributed by atoms with E-state index in [1.54, 1.807) is 6.20 Å². The van der Waals surface area contributed by atoms with Crippen LogP contribution in [0.3, 0.4) is 0 Å². The predicted octanol–water partition coefficient (Wildman–Crippen LogP) is 1.57. The Kier molecular flexibility index (Phi) is 4.26. The van der Waals surface area contributed by atoms with Crippen LogP contribution in [0.2, 0.25) is 0 Å². The van der Waals surface area contributed by atoms with E-state index < -0.39 is 0 Å². The zero-order valence-corrected chi connectivity index (χ0v) is 12.8. The van der Waals surface area contributed by atoms with E-state index in [0.29, 0.717) is 6.42 Å². The number of hydrogen-bond donors (Lipinski definition) is 1. The second-order valence-electron chi connectivity index (χ2n) is 5.18. The summed E-state index contributed by atoms with van der Waals surface area (Å²) < 4.78 is 0. The molecule has 0 bridgehead atoms.